The first-order chi connectivity index (χ1) is 7.24. The predicted molar refractivity (Wildman–Crippen MR) is 65.5 cm³/mol. The number of benzene rings is 1. The van der Waals surface area contributed by atoms with Crippen molar-refractivity contribution in [2.24, 2.45) is 0 Å². The molecule has 2 aromatic rings. The molecule has 5 heteroatoms. The second-order valence-corrected chi connectivity index (χ2v) is 4.58. The molecular weight excluding hydrogens is 231 g/mol. The third kappa shape index (κ3) is 1.94. The van der Waals surface area contributed by atoms with E-state index in [1.165, 1.54) is 6.07 Å². The number of rotatable bonds is 3. The van der Waals surface area contributed by atoms with Gasteiger partial charge >= 0.3 is 0 Å². The summed E-state index contributed by atoms with van der Waals surface area (Å²) in [4.78, 5) is 2.90. The Morgan fingerprint density at radius 2 is 2.33 bits per heavy atom. The van der Waals surface area contributed by atoms with Crippen LogP contribution in [0, 0.1) is 10.6 Å². The normalized spacial score (nSPS) is 11.1. The molecule has 0 aliphatic rings. The summed E-state index contributed by atoms with van der Waals surface area (Å²) in [5, 5.41) is 0. The summed E-state index contributed by atoms with van der Waals surface area (Å²) in [6.45, 7) is 0.809. The average Bonchev–Trinajstić information content (AvgIpc) is 2.54. The first kappa shape index (κ1) is 10.7. The highest BCUT2D eigenvalue weighted by molar-refractivity contribution is 7.98. The Kier molecular flexibility index (Phi) is 3.11. The van der Waals surface area contributed by atoms with Crippen LogP contribution in [0.25, 0.3) is 11.0 Å². The number of hydrogen-bond donors (Lipinski definition) is 1. The van der Waals surface area contributed by atoms with Crippen LogP contribution in [0.4, 0.5) is 4.39 Å². The van der Waals surface area contributed by atoms with E-state index in [2.05, 4.69) is 4.98 Å². The highest BCUT2D eigenvalue weighted by Crippen LogP contribution is 2.17. The van der Waals surface area contributed by atoms with E-state index in [0.29, 0.717) is 10.3 Å². The number of fused-ring (bicyclic) bond motifs is 1. The summed E-state index contributed by atoms with van der Waals surface area (Å²) in [7, 11) is 0. The van der Waals surface area contributed by atoms with E-state index in [-0.39, 0.29) is 5.82 Å². The number of nitrogens with zero attached hydrogens (tertiary/aromatic N) is 1. The van der Waals surface area contributed by atoms with Gasteiger partial charge in [-0.2, -0.15) is 11.8 Å². The molecule has 1 heterocycles. The molecule has 2 nitrogen and oxygen atoms in total. The van der Waals surface area contributed by atoms with Crippen molar-refractivity contribution in [3.63, 3.8) is 0 Å². The lowest BCUT2D eigenvalue weighted by molar-refractivity contribution is 0.637. The fraction of sp³-hybridized carbons (Fsp3) is 0.300. The number of imidazole rings is 1. The standard InChI is InChI=1S/C10H11FN2S2/c1-15-6-5-13-8-4-2-3-7(11)9(8)12-10(13)14/h2-4H,5-6H2,1H3,(H,12,14). The Morgan fingerprint density at radius 1 is 1.53 bits per heavy atom. The van der Waals surface area contributed by atoms with E-state index < -0.39 is 0 Å². The summed E-state index contributed by atoms with van der Waals surface area (Å²) in [6.07, 6.45) is 2.04. The number of aromatic nitrogens is 2. The van der Waals surface area contributed by atoms with E-state index >= 15 is 0 Å². The molecule has 1 aromatic carbocycles. The van der Waals surface area contributed by atoms with Crippen molar-refractivity contribution in [1.29, 1.82) is 0 Å². The van der Waals surface area contributed by atoms with E-state index in [9.17, 15) is 4.39 Å². The van der Waals surface area contributed by atoms with Crippen LogP contribution in [0.15, 0.2) is 18.2 Å². The van der Waals surface area contributed by atoms with Crippen LogP contribution in [0.1, 0.15) is 0 Å². The van der Waals surface area contributed by atoms with Crippen molar-refractivity contribution >= 4 is 35.0 Å². The molecular formula is C10H11FN2S2. The molecule has 0 bridgehead atoms. The Hall–Kier alpha value is -0.810. The molecule has 1 N–H and O–H groups in total. The van der Waals surface area contributed by atoms with Gasteiger partial charge in [0.05, 0.1) is 5.52 Å². The van der Waals surface area contributed by atoms with Crippen molar-refractivity contribution in [3.8, 4) is 0 Å². The topological polar surface area (TPSA) is 20.7 Å². The second-order valence-electron chi connectivity index (χ2n) is 3.21. The molecule has 0 fully saturated rings. The number of H-pyrrole nitrogens is 1. The second kappa shape index (κ2) is 4.37. The molecule has 0 atom stereocenters. The molecule has 0 amide bonds. The minimum atomic E-state index is -0.249. The van der Waals surface area contributed by atoms with E-state index in [1.54, 1.807) is 17.8 Å². The average molecular weight is 242 g/mol. The first-order valence-corrected chi connectivity index (χ1v) is 6.40. The van der Waals surface area contributed by atoms with Gasteiger partial charge in [-0.15, -0.1) is 0 Å². The quantitative estimate of drug-likeness (QED) is 0.834. The van der Waals surface area contributed by atoms with Crippen LogP contribution in [-0.2, 0) is 6.54 Å². The summed E-state index contributed by atoms with van der Waals surface area (Å²) >= 11 is 6.90. The van der Waals surface area contributed by atoms with Crippen LogP contribution in [0.5, 0.6) is 0 Å². The molecule has 2 rings (SSSR count). The minimum absolute atomic E-state index is 0.249. The fourth-order valence-corrected chi connectivity index (χ4v) is 2.21. The lowest BCUT2D eigenvalue weighted by Crippen LogP contribution is -1.99. The predicted octanol–water partition coefficient (Wildman–Crippen LogP) is 3.20. The number of nitrogens with one attached hydrogen (secondary N) is 1. The zero-order valence-corrected chi connectivity index (χ0v) is 9.92. The Labute approximate surface area is 96.5 Å². The summed E-state index contributed by atoms with van der Waals surface area (Å²) in [5.41, 5.74) is 1.35. The third-order valence-corrected chi connectivity index (χ3v) is 3.19. The number of hydrogen-bond acceptors (Lipinski definition) is 2. The molecule has 15 heavy (non-hydrogen) atoms. The van der Waals surface area contributed by atoms with Gasteiger partial charge in [-0.3, -0.25) is 0 Å². The van der Waals surface area contributed by atoms with Crippen LogP contribution < -0.4 is 0 Å². The lowest BCUT2D eigenvalue weighted by atomic mass is 10.3. The van der Waals surface area contributed by atoms with Gasteiger partial charge in [0.15, 0.2) is 4.77 Å². The highest BCUT2D eigenvalue weighted by atomic mass is 32.2. The zero-order valence-electron chi connectivity index (χ0n) is 8.29. The summed E-state index contributed by atoms with van der Waals surface area (Å²) in [5.74, 6) is 0.721. The molecule has 0 saturated carbocycles. The van der Waals surface area contributed by atoms with Crippen LogP contribution in [-0.4, -0.2) is 21.6 Å². The summed E-state index contributed by atoms with van der Waals surface area (Å²) < 4.78 is 15.9. The smallest absolute Gasteiger partial charge is 0.178 e. The number of aromatic amines is 1. The zero-order chi connectivity index (χ0) is 10.8. The molecule has 0 aliphatic carbocycles. The van der Waals surface area contributed by atoms with Crippen molar-refractivity contribution in [2.45, 2.75) is 6.54 Å². The summed E-state index contributed by atoms with van der Waals surface area (Å²) in [6, 6.07) is 5.02. The van der Waals surface area contributed by atoms with Gasteiger partial charge in [0.25, 0.3) is 0 Å². The van der Waals surface area contributed by atoms with E-state index in [0.717, 1.165) is 17.8 Å². The molecule has 0 spiro atoms. The fourth-order valence-electron chi connectivity index (χ4n) is 1.55. The van der Waals surface area contributed by atoms with Gasteiger partial charge < -0.3 is 9.55 Å². The maximum absolute atomic E-state index is 13.4. The molecule has 0 aliphatic heterocycles. The Balaban J connectivity index is 2.58. The van der Waals surface area contributed by atoms with Gasteiger partial charge in [0.1, 0.15) is 11.3 Å². The third-order valence-electron chi connectivity index (χ3n) is 2.28. The van der Waals surface area contributed by atoms with E-state index in [1.807, 2.05) is 16.9 Å². The minimum Gasteiger partial charge on any atom is -0.328 e. The monoisotopic (exact) mass is 242 g/mol. The van der Waals surface area contributed by atoms with Crippen molar-refractivity contribution in [1.82, 2.24) is 9.55 Å². The molecule has 0 saturated heterocycles. The Bertz CT molecular complexity index is 530. The van der Waals surface area contributed by atoms with Gasteiger partial charge in [0, 0.05) is 12.3 Å². The molecule has 80 valence electrons. The maximum atomic E-state index is 13.4. The van der Waals surface area contributed by atoms with Gasteiger partial charge in [-0.25, -0.2) is 4.39 Å². The number of aryl methyl sites for hydroxylation is 1. The van der Waals surface area contributed by atoms with Crippen LogP contribution >= 0.6 is 24.0 Å². The number of halogens is 1. The van der Waals surface area contributed by atoms with Crippen molar-refractivity contribution < 1.29 is 4.39 Å². The van der Waals surface area contributed by atoms with E-state index in [4.69, 9.17) is 12.2 Å². The number of thioether (sulfide) groups is 1. The van der Waals surface area contributed by atoms with Crippen LogP contribution in [0.2, 0.25) is 0 Å². The van der Waals surface area contributed by atoms with Crippen molar-refractivity contribution in [2.75, 3.05) is 12.0 Å². The van der Waals surface area contributed by atoms with Crippen LogP contribution in [0.3, 0.4) is 0 Å². The molecule has 1 aromatic heterocycles. The molecule has 0 unspecified atom stereocenters. The van der Waals surface area contributed by atoms with Gasteiger partial charge in [-0.05, 0) is 30.6 Å². The SMILES string of the molecule is CSCCn1c(=S)[nH]c2c(F)cccc21. The van der Waals surface area contributed by atoms with Crippen molar-refractivity contribution in [3.05, 3.63) is 28.8 Å². The van der Waals surface area contributed by atoms with Gasteiger partial charge in [-0.1, -0.05) is 6.07 Å². The largest absolute Gasteiger partial charge is 0.328 e. The molecule has 0 radical (unpaired) electrons. The highest BCUT2D eigenvalue weighted by Gasteiger charge is 2.06. The first-order valence-electron chi connectivity index (χ1n) is 4.60. The van der Waals surface area contributed by atoms with Gasteiger partial charge in [0.2, 0.25) is 0 Å². The Morgan fingerprint density at radius 3 is 3.07 bits per heavy atom. The lowest BCUT2D eigenvalue weighted by Gasteiger charge is -2.02. The maximum Gasteiger partial charge on any atom is 0.178 e. The number of para-hydroxylation sites is 1.